The van der Waals surface area contributed by atoms with Crippen LogP contribution in [0.5, 0.6) is 0 Å². The van der Waals surface area contributed by atoms with Crippen molar-refractivity contribution in [2.24, 2.45) is 0 Å². The van der Waals surface area contributed by atoms with Gasteiger partial charge in [0.2, 0.25) is 0 Å². The summed E-state index contributed by atoms with van der Waals surface area (Å²) in [5.41, 5.74) is 12.5. The molecule has 1 aliphatic heterocycles. The van der Waals surface area contributed by atoms with Crippen molar-refractivity contribution in [3.63, 3.8) is 0 Å². The lowest BCUT2D eigenvalue weighted by atomic mass is 10.1. The number of hydrogen-bond acceptors (Lipinski definition) is 6. The summed E-state index contributed by atoms with van der Waals surface area (Å²) in [5, 5.41) is 8.20. The number of nitrogen functional groups attached to an aromatic ring is 2. The topological polar surface area (TPSA) is 109 Å². The molecule has 0 fully saturated rings. The smallest absolute Gasteiger partial charge is 0.340 e. The molecule has 2 heterocycles. The Morgan fingerprint density at radius 1 is 1.29 bits per heavy atom. The number of nitrogens with two attached hydrogens (primary N) is 2. The normalized spacial score (nSPS) is 13.7. The van der Waals surface area contributed by atoms with Gasteiger partial charge in [0.05, 0.1) is 5.56 Å². The number of ether oxygens (including phenoxy) is 1. The van der Waals surface area contributed by atoms with Crippen molar-refractivity contribution in [3.05, 3.63) is 35.4 Å². The molecule has 21 heavy (non-hydrogen) atoms. The number of aryl methyl sites for hydroxylation is 1. The summed E-state index contributed by atoms with van der Waals surface area (Å²) in [4.78, 5) is 12.0. The third-order valence-corrected chi connectivity index (χ3v) is 3.56. The molecule has 0 saturated carbocycles. The molecular weight excluding hydrogens is 270 g/mol. The Morgan fingerprint density at radius 3 is 2.95 bits per heavy atom. The number of hydrogen-bond donors (Lipinski definition) is 2. The summed E-state index contributed by atoms with van der Waals surface area (Å²) in [5.74, 6) is 1.15. The number of aromatic nitrogens is 3. The SMILES string of the molecule is Nc1ccc(C(=O)OCc2nnc3n2CCCC3)c(N)c1. The number of benzene rings is 1. The fourth-order valence-electron chi connectivity index (χ4n) is 2.45. The molecule has 0 spiro atoms. The molecule has 7 heteroatoms. The minimum Gasteiger partial charge on any atom is -0.454 e. The quantitative estimate of drug-likeness (QED) is 0.647. The van der Waals surface area contributed by atoms with Crippen molar-refractivity contribution in [3.8, 4) is 0 Å². The highest BCUT2D eigenvalue weighted by Crippen LogP contribution is 2.18. The number of anilines is 2. The van der Waals surface area contributed by atoms with Crippen LogP contribution >= 0.6 is 0 Å². The lowest BCUT2D eigenvalue weighted by Crippen LogP contribution is -2.15. The second kappa shape index (κ2) is 5.43. The predicted molar refractivity (Wildman–Crippen MR) is 77.3 cm³/mol. The average molecular weight is 287 g/mol. The van der Waals surface area contributed by atoms with Crippen LogP contribution in [0.3, 0.4) is 0 Å². The Labute approximate surface area is 121 Å². The van der Waals surface area contributed by atoms with Gasteiger partial charge in [-0.3, -0.25) is 0 Å². The lowest BCUT2D eigenvalue weighted by molar-refractivity contribution is 0.0458. The van der Waals surface area contributed by atoms with Gasteiger partial charge in [-0.2, -0.15) is 0 Å². The van der Waals surface area contributed by atoms with Crippen LogP contribution < -0.4 is 11.5 Å². The van der Waals surface area contributed by atoms with E-state index in [0.717, 1.165) is 31.6 Å². The van der Waals surface area contributed by atoms with Crippen molar-refractivity contribution < 1.29 is 9.53 Å². The predicted octanol–water partition coefficient (Wildman–Crippen LogP) is 1.14. The monoisotopic (exact) mass is 287 g/mol. The van der Waals surface area contributed by atoms with Crippen LogP contribution in [-0.2, 0) is 24.3 Å². The van der Waals surface area contributed by atoms with Gasteiger partial charge in [-0.15, -0.1) is 10.2 Å². The summed E-state index contributed by atoms with van der Waals surface area (Å²) in [6.07, 6.45) is 3.14. The van der Waals surface area contributed by atoms with E-state index >= 15 is 0 Å². The van der Waals surface area contributed by atoms with E-state index in [9.17, 15) is 4.79 Å². The molecular formula is C14H17N5O2. The Kier molecular flexibility index (Phi) is 3.47. The highest BCUT2D eigenvalue weighted by molar-refractivity contribution is 5.95. The standard InChI is InChI=1S/C14H17N5O2/c15-9-4-5-10(11(16)7-9)14(20)21-8-13-18-17-12-3-1-2-6-19(12)13/h4-5,7H,1-3,6,8,15-16H2. The number of carbonyl (C=O) groups excluding carboxylic acids is 1. The molecule has 0 atom stereocenters. The second-order valence-corrected chi connectivity index (χ2v) is 5.06. The van der Waals surface area contributed by atoms with Gasteiger partial charge in [0.25, 0.3) is 0 Å². The van der Waals surface area contributed by atoms with Crippen LogP contribution in [0, 0.1) is 0 Å². The van der Waals surface area contributed by atoms with Crippen LogP contribution in [-0.4, -0.2) is 20.7 Å². The number of nitrogens with zero attached hydrogens (tertiary/aromatic N) is 3. The van der Waals surface area contributed by atoms with Gasteiger partial charge in [-0.1, -0.05) is 0 Å². The van der Waals surface area contributed by atoms with E-state index in [2.05, 4.69) is 10.2 Å². The highest BCUT2D eigenvalue weighted by atomic mass is 16.5. The van der Waals surface area contributed by atoms with Crippen LogP contribution in [0.25, 0.3) is 0 Å². The zero-order valence-electron chi connectivity index (χ0n) is 11.6. The van der Waals surface area contributed by atoms with Gasteiger partial charge in [-0.25, -0.2) is 4.79 Å². The van der Waals surface area contributed by atoms with Crippen molar-refractivity contribution in [2.45, 2.75) is 32.4 Å². The Hall–Kier alpha value is -2.57. The first-order chi connectivity index (χ1) is 10.1. The number of fused-ring (bicyclic) bond motifs is 1. The molecule has 0 unspecified atom stereocenters. The Morgan fingerprint density at radius 2 is 2.14 bits per heavy atom. The van der Waals surface area contributed by atoms with E-state index in [1.54, 1.807) is 12.1 Å². The van der Waals surface area contributed by atoms with Gasteiger partial charge in [0.1, 0.15) is 5.82 Å². The van der Waals surface area contributed by atoms with Crippen molar-refractivity contribution in [2.75, 3.05) is 11.5 Å². The Bertz CT molecular complexity index is 680. The molecule has 1 aromatic heterocycles. The molecule has 3 rings (SSSR count). The molecule has 1 aromatic carbocycles. The van der Waals surface area contributed by atoms with Crippen molar-refractivity contribution in [1.82, 2.24) is 14.8 Å². The van der Waals surface area contributed by atoms with E-state index < -0.39 is 5.97 Å². The van der Waals surface area contributed by atoms with Crippen LogP contribution in [0.2, 0.25) is 0 Å². The van der Waals surface area contributed by atoms with Gasteiger partial charge >= 0.3 is 5.97 Å². The minimum atomic E-state index is -0.486. The Balaban J connectivity index is 1.70. The summed E-state index contributed by atoms with van der Waals surface area (Å²) in [6.45, 7) is 0.967. The first kappa shape index (κ1) is 13.4. The molecule has 0 bridgehead atoms. The first-order valence-electron chi connectivity index (χ1n) is 6.88. The maximum Gasteiger partial charge on any atom is 0.340 e. The van der Waals surface area contributed by atoms with E-state index in [-0.39, 0.29) is 6.61 Å². The van der Waals surface area contributed by atoms with Crippen LogP contribution in [0.1, 0.15) is 34.8 Å². The maximum atomic E-state index is 12.0. The molecule has 1 aliphatic rings. The van der Waals surface area contributed by atoms with E-state index in [1.807, 2.05) is 4.57 Å². The lowest BCUT2D eigenvalue weighted by Gasteiger charge is -2.14. The van der Waals surface area contributed by atoms with Gasteiger partial charge in [0.15, 0.2) is 12.4 Å². The molecule has 0 saturated heterocycles. The third-order valence-electron chi connectivity index (χ3n) is 3.56. The second-order valence-electron chi connectivity index (χ2n) is 5.06. The summed E-state index contributed by atoms with van der Waals surface area (Å²) in [7, 11) is 0. The highest BCUT2D eigenvalue weighted by Gasteiger charge is 2.18. The number of rotatable bonds is 3. The molecule has 0 amide bonds. The largest absolute Gasteiger partial charge is 0.454 e. The molecule has 0 radical (unpaired) electrons. The molecule has 4 N–H and O–H groups in total. The molecule has 2 aromatic rings. The molecule has 7 nitrogen and oxygen atoms in total. The van der Waals surface area contributed by atoms with Crippen LogP contribution in [0.4, 0.5) is 11.4 Å². The third kappa shape index (κ3) is 2.67. The average Bonchev–Trinajstić information content (AvgIpc) is 2.88. The maximum absolute atomic E-state index is 12.0. The van der Waals surface area contributed by atoms with Crippen molar-refractivity contribution >= 4 is 17.3 Å². The number of esters is 1. The van der Waals surface area contributed by atoms with Gasteiger partial charge < -0.3 is 20.8 Å². The fourth-order valence-corrected chi connectivity index (χ4v) is 2.45. The van der Waals surface area contributed by atoms with E-state index in [4.69, 9.17) is 16.2 Å². The minimum absolute atomic E-state index is 0.0929. The van der Waals surface area contributed by atoms with E-state index in [0.29, 0.717) is 22.8 Å². The first-order valence-corrected chi connectivity index (χ1v) is 6.88. The van der Waals surface area contributed by atoms with Crippen LogP contribution in [0.15, 0.2) is 18.2 Å². The van der Waals surface area contributed by atoms with Crippen molar-refractivity contribution in [1.29, 1.82) is 0 Å². The summed E-state index contributed by atoms with van der Waals surface area (Å²) in [6, 6.07) is 4.72. The molecule has 0 aliphatic carbocycles. The fraction of sp³-hybridized carbons (Fsp3) is 0.357. The molecule has 110 valence electrons. The zero-order valence-corrected chi connectivity index (χ0v) is 11.6. The van der Waals surface area contributed by atoms with E-state index in [1.165, 1.54) is 6.07 Å². The van der Waals surface area contributed by atoms with Gasteiger partial charge in [0, 0.05) is 24.3 Å². The summed E-state index contributed by atoms with van der Waals surface area (Å²) >= 11 is 0. The zero-order chi connectivity index (χ0) is 14.8. The summed E-state index contributed by atoms with van der Waals surface area (Å²) < 4.78 is 7.29. The number of carbonyl (C=O) groups is 1. The van der Waals surface area contributed by atoms with Gasteiger partial charge in [-0.05, 0) is 31.0 Å².